The fraction of sp³-hybridized carbons (Fsp3) is 0.435. The molecule has 0 radical (unpaired) electrons. The van der Waals surface area contributed by atoms with E-state index in [4.69, 9.17) is 0 Å². The van der Waals surface area contributed by atoms with Crippen molar-refractivity contribution in [1.29, 1.82) is 0 Å². The number of anilines is 1. The van der Waals surface area contributed by atoms with Crippen molar-refractivity contribution in [2.75, 3.05) is 18.0 Å². The summed E-state index contributed by atoms with van der Waals surface area (Å²) in [6, 6.07) is 16.0. The molecule has 1 aliphatic heterocycles. The number of piperidine rings is 1. The van der Waals surface area contributed by atoms with Gasteiger partial charge in [0.2, 0.25) is 10.0 Å². The standard InChI is InChI=1S/C23H31N3O3S/c1-17(2)18(3)24-23(27)21-11-7-8-12-22(21)26-15-13-19(14-16-26)25-30(28,29)20-9-5-4-6-10-20/h4-12,17-19,25H,13-16H2,1-3H3,(H,24,27)/t18-/m1/s1. The zero-order valence-electron chi connectivity index (χ0n) is 17.8. The maximum Gasteiger partial charge on any atom is 0.253 e. The third kappa shape index (κ3) is 5.40. The molecule has 30 heavy (non-hydrogen) atoms. The van der Waals surface area contributed by atoms with Gasteiger partial charge >= 0.3 is 0 Å². The van der Waals surface area contributed by atoms with E-state index in [0.29, 0.717) is 37.4 Å². The SMILES string of the molecule is CC(C)[C@@H](C)NC(=O)c1ccccc1N1CCC(NS(=O)(=O)c2ccccc2)CC1. The van der Waals surface area contributed by atoms with E-state index >= 15 is 0 Å². The molecule has 7 heteroatoms. The summed E-state index contributed by atoms with van der Waals surface area (Å²) in [5, 5.41) is 3.08. The van der Waals surface area contributed by atoms with Gasteiger partial charge in [-0.15, -0.1) is 0 Å². The highest BCUT2D eigenvalue weighted by Gasteiger charge is 2.26. The van der Waals surface area contributed by atoms with E-state index in [0.717, 1.165) is 5.69 Å². The highest BCUT2D eigenvalue weighted by Crippen LogP contribution is 2.25. The molecule has 2 aromatic carbocycles. The molecule has 1 atom stereocenters. The van der Waals surface area contributed by atoms with Gasteiger partial charge in [-0.3, -0.25) is 4.79 Å². The van der Waals surface area contributed by atoms with Crippen molar-refractivity contribution in [1.82, 2.24) is 10.0 Å². The van der Waals surface area contributed by atoms with Crippen LogP contribution in [0, 0.1) is 5.92 Å². The van der Waals surface area contributed by atoms with Crippen LogP contribution in [-0.2, 0) is 10.0 Å². The molecule has 0 bridgehead atoms. The van der Waals surface area contributed by atoms with Gasteiger partial charge in [-0.25, -0.2) is 13.1 Å². The second-order valence-corrected chi connectivity index (χ2v) is 9.93. The number of hydrogen-bond acceptors (Lipinski definition) is 4. The van der Waals surface area contributed by atoms with Crippen molar-refractivity contribution >= 4 is 21.6 Å². The normalized spacial score (nSPS) is 16.5. The molecule has 2 N–H and O–H groups in total. The lowest BCUT2D eigenvalue weighted by Crippen LogP contribution is -2.45. The highest BCUT2D eigenvalue weighted by atomic mass is 32.2. The monoisotopic (exact) mass is 429 g/mol. The van der Waals surface area contributed by atoms with E-state index in [2.05, 4.69) is 28.8 Å². The number of benzene rings is 2. The Hall–Kier alpha value is -2.38. The molecule has 0 aromatic heterocycles. The van der Waals surface area contributed by atoms with Crippen LogP contribution in [-0.4, -0.2) is 39.5 Å². The Bertz CT molecular complexity index is 953. The van der Waals surface area contributed by atoms with Crippen molar-refractivity contribution in [3.05, 3.63) is 60.2 Å². The van der Waals surface area contributed by atoms with Crippen LogP contribution >= 0.6 is 0 Å². The van der Waals surface area contributed by atoms with Crippen molar-refractivity contribution in [3.63, 3.8) is 0 Å². The topological polar surface area (TPSA) is 78.5 Å². The average molecular weight is 430 g/mol. The summed E-state index contributed by atoms with van der Waals surface area (Å²) >= 11 is 0. The number of nitrogens with zero attached hydrogens (tertiary/aromatic N) is 1. The van der Waals surface area contributed by atoms with Crippen LogP contribution in [0.15, 0.2) is 59.5 Å². The summed E-state index contributed by atoms with van der Waals surface area (Å²) < 4.78 is 28.0. The summed E-state index contributed by atoms with van der Waals surface area (Å²) in [5.74, 6) is 0.285. The van der Waals surface area contributed by atoms with Gasteiger partial charge in [-0.1, -0.05) is 44.2 Å². The van der Waals surface area contributed by atoms with Crippen LogP contribution in [0.1, 0.15) is 44.0 Å². The molecule has 0 unspecified atom stereocenters. The molecule has 162 valence electrons. The van der Waals surface area contributed by atoms with Gasteiger partial charge in [-0.05, 0) is 49.9 Å². The van der Waals surface area contributed by atoms with Crippen LogP contribution < -0.4 is 14.9 Å². The molecule has 0 spiro atoms. The van der Waals surface area contributed by atoms with Crippen molar-refractivity contribution in [2.24, 2.45) is 5.92 Å². The first-order valence-corrected chi connectivity index (χ1v) is 12.0. The van der Waals surface area contributed by atoms with Gasteiger partial charge in [0.1, 0.15) is 0 Å². The van der Waals surface area contributed by atoms with Gasteiger partial charge in [0.25, 0.3) is 5.91 Å². The quantitative estimate of drug-likeness (QED) is 0.707. The van der Waals surface area contributed by atoms with E-state index in [1.165, 1.54) is 0 Å². The van der Waals surface area contributed by atoms with Crippen molar-refractivity contribution in [3.8, 4) is 0 Å². The molecule has 0 saturated carbocycles. The molecular weight excluding hydrogens is 398 g/mol. The zero-order valence-corrected chi connectivity index (χ0v) is 18.7. The van der Waals surface area contributed by atoms with Crippen molar-refractivity contribution < 1.29 is 13.2 Å². The van der Waals surface area contributed by atoms with E-state index in [9.17, 15) is 13.2 Å². The molecule has 3 rings (SSSR count). The fourth-order valence-corrected chi connectivity index (χ4v) is 4.84. The van der Waals surface area contributed by atoms with Gasteiger partial charge in [0, 0.05) is 30.9 Å². The first-order valence-electron chi connectivity index (χ1n) is 10.5. The fourth-order valence-electron chi connectivity index (χ4n) is 3.52. The number of nitrogens with one attached hydrogen (secondary N) is 2. The van der Waals surface area contributed by atoms with Gasteiger partial charge < -0.3 is 10.2 Å². The largest absolute Gasteiger partial charge is 0.371 e. The Morgan fingerprint density at radius 1 is 0.967 bits per heavy atom. The number of carbonyl (C=O) groups excluding carboxylic acids is 1. The number of hydrogen-bond donors (Lipinski definition) is 2. The van der Waals surface area contributed by atoms with E-state index < -0.39 is 10.0 Å². The Morgan fingerprint density at radius 3 is 2.20 bits per heavy atom. The molecule has 1 heterocycles. The maximum atomic E-state index is 12.8. The zero-order chi connectivity index (χ0) is 21.7. The molecule has 1 amide bonds. The van der Waals surface area contributed by atoms with Gasteiger partial charge in [-0.2, -0.15) is 0 Å². The van der Waals surface area contributed by atoms with Crippen molar-refractivity contribution in [2.45, 2.75) is 50.6 Å². The van der Waals surface area contributed by atoms with Crippen LogP contribution in [0.5, 0.6) is 0 Å². The molecular formula is C23H31N3O3S. The summed E-state index contributed by atoms with van der Waals surface area (Å²) in [6.07, 6.45) is 1.37. The highest BCUT2D eigenvalue weighted by molar-refractivity contribution is 7.89. The molecule has 1 aliphatic rings. The summed E-state index contributed by atoms with van der Waals surface area (Å²) in [4.78, 5) is 15.3. The molecule has 0 aliphatic carbocycles. The number of amides is 1. The second kappa shape index (κ2) is 9.62. The van der Waals surface area contributed by atoms with E-state index in [1.54, 1.807) is 30.3 Å². The van der Waals surface area contributed by atoms with Crippen LogP contribution in [0.3, 0.4) is 0 Å². The minimum atomic E-state index is -3.52. The predicted molar refractivity (Wildman–Crippen MR) is 120 cm³/mol. The second-order valence-electron chi connectivity index (χ2n) is 8.22. The third-order valence-corrected chi connectivity index (χ3v) is 7.25. The minimum Gasteiger partial charge on any atom is -0.371 e. The molecule has 6 nitrogen and oxygen atoms in total. The van der Waals surface area contributed by atoms with Gasteiger partial charge in [0.05, 0.1) is 10.5 Å². The minimum absolute atomic E-state index is 0.0706. The van der Waals surface area contributed by atoms with Gasteiger partial charge in [0.15, 0.2) is 0 Å². The summed E-state index contributed by atoms with van der Waals surface area (Å²) in [6.45, 7) is 7.55. The first-order chi connectivity index (χ1) is 14.3. The summed E-state index contributed by atoms with van der Waals surface area (Å²) in [7, 11) is -3.52. The van der Waals surface area contributed by atoms with Crippen LogP contribution in [0.2, 0.25) is 0 Å². The molecule has 1 fully saturated rings. The Balaban J connectivity index is 1.65. The Morgan fingerprint density at radius 2 is 1.57 bits per heavy atom. The van der Waals surface area contributed by atoms with E-state index in [1.807, 2.05) is 31.2 Å². The Labute approximate surface area is 179 Å². The van der Waals surface area contributed by atoms with E-state index in [-0.39, 0.29) is 22.9 Å². The smallest absolute Gasteiger partial charge is 0.253 e. The third-order valence-electron chi connectivity index (χ3n) is 5.72. The number of sulfonamides is 1. The number of para-hydroxylation sites is 1. The first kappa shape index (κ1) is 22.3. The average Bonchev–Trinajstić information content (AvgIpc) is 2.74. The lowest BCUT2D eigenvalue weighted by Gasteiger charge is -2.35. The predicted octanol–water partition coefficient (Wildman–Crippen LogP) is 3.41. The van der Waals surface area contributed by atoms with Crippen LogP contribution in [0.4, 0.5) is 5.69 Å². The maximum absolute atomic E-state index is 12.8. The molecule has 1 saturated heterocycles. The number of rotatable bonds is 7. The lowest BCUT2D eigenvalue weighted by molar-refractivity contribution is 0.0931. The van der Waals surface area contributed by atoms with Crippen LogP contribution in [0.25, 0.3) is 0 Å². The Kier molecular flexibility index (Phi) is 7.15. The lowest BCUT2D eigenvalue weighted by atomic mass is 10.0. The number of carbonyl (C=O) groups is 1. The summed E-state index contributed by atoms with van der Waals surface area (Å²) in [5.41, 5.74) is 1.56. The molecule has 2 aromatic rings.